The predicted octanol–water partition coefficient (Wildman–Crippen LogP) is 4.23. The number of hydrogen-bond acceptors (Lipinski definition) is 10. The summed E-state index contributed by atoms with van der Waals surface area (Å²) < 4.78 is 22.2. The molecule has 5 heterocycles. The fourth-order valence-corrected chi connectivity index (χ4v) is 6.50. The fraction of sp³-hybridized carbons (Fsp3) is 0.417. The predicted molar refractivity (Wildman–Crippen MR) is 185 cm³/mol. The van der Waals surface area contributed by atoms with Gasteiger partial charge in [0.15, 0.2) is 0 Å². The summed E-state index contributed by atoms with van der Waals surface area (Å²) in [4.78, 5) is 23.5. The SMILES string of the molecule is CCc1cc(OCC2COC(Cn3nccn3)(c3cccnc3)O2)ccc1N1CCN(c2ccc(-n3cnn(C(C)CC)c3=O)cc2)CC1. The van der Waals surface area contributed by atoms with Gasteiger partial charge in [0.05, 0.1) is 30.7 Å². The van der Waals surface area contributed by atoms with Crippen molar-refractivity contribution in [2.24, 2.45) is 0 Å². The molecule has 13 nitrogen and oxygen atoms in total. The first kappa shape index (κ1) is 32.5. The summed E-state index contributed by atoms with van der Waals surface area (Å²) >= 11 is 0. The molecule has 2 saturated heterocycles. The molecule has 7 rings (SSSR count). The zero-order valence-electron chi connectivity index (χ0n) is 28.3. The van der Waals surface area contributed by atoms with Gasteiger partial charge in [0.2, 0.25) is 5.79 Å². The Morgan fingerprint density at radius 1 is 0.939 bits per heavy atom. The van der Waals surface area contributed by atoms with Crippen molar-refractivity contribution in [2.45, 2.75) is 58.1 Å². The highest BCUT2D eigenvalue weighted by Crippen LogP contribution is 2.36. The standard InChI is InChI=1S/C36H43N9O4/c1-4-27(3)45-35(46)43(26-40-45)31-10-8-30(9-11-31)41-17-19-42(20-18-41)34-13-12-32(21-28(34)5-2)47-23-33-24-48-36(49-33,25-44-38-15-16-39-44)29-7-6-14-37-22-29/h6-16,21-22,26-27,33H,4-5,17-20,23-25H2,1-3H3. The number of hydrogen-bond donors (Lipinski definition) is 0. The zero-order valence-corrected chi connectivity index (χ0v) is 28.3. The number of benzene rings is 2. The third-order valence-corrected chi connectivity index (χ3v) is 9.46. The molecule has 0 N–H and O–H groups in total. The van der Waals surface area contributed by atoms with Gasteiger partial charge in [-0.15, -0.1) is 0 Å². The second-order valence-electron chi connectivity index (χ2n) is 12.5. The van der Waals surface area contributed by atoms with Crippen LogP contribution >= 0.6 is 0 Å². The van der Waals surface area contributed by atoms with Crippen molar-refractivity contribution in [2.75, 3.05) is 49.2 Å². The number of anilines is 2. The van der Waals surface area contributed by atoms with Gasteiger partial charge in [-0.3, -0.25) is 4.98 Å². The van der Waals surface area contributed by atoms with Crippen molar-refractivity contribution >= 4 is 11.4 Å². The molecule has 0 saturated carbocycles. The molecule has 5 aromatic rings. The molecule has 49 heavy (non-hydrogen) atoms. The lowest BCUT2D eigenvalue weighted by molar-refractivity contribution is -0.192. The third kappa shape index (κ3) is 6.81. The van der Waals surface area contributed by atoms with E-state index in [1.165, 1.54) is 11.3 Å². The van der Waals surface area contributed by atoms with E-state index in [1.54, 1.807) is 45.2 Å². The minimum Gasteiger partial charge on any atom is -0.491 e. The van der Waals surface area contributed by atoms with Gasteiger partial charge >= 0.3 is 5.69 Å². The van der Waals surface area contributed by atoms with E-state index in [0.717, 1.165) is 61.7 Å². The molecule has 0 bridgehead atoms. The molecule has 2 aliphatic rings. The number of aromatic nitrogens is 7. The molecule has 2 fully saturated rings. The van der Waals surface area contributed by atoms with Crippen LogP contribution < -0.4 is 20.2 Å². The summed E-state index contributed by atoms with van der Waals surface area (Å²) in [6.07, 6.45) is 9.84. The Morgan fingerprint density at radius 3 is 2.41 bits per heavy atom. The van der Waals surface area contributed by atoms with E-state index < -0.39 is 5.79 Å². The molecule has 0 spiro atoms. The first-order valence-corrected chi connectivity index (χ1v) is 17.0. The third-order valence-electron chi connectivity index (χ3n) is 9.46. The lowest BCUT2D eigenvalue weighted by Gasteiger charge is -2.38. The van der Waals surface area contributed by atoms with Crippen LogP contribution in [0.15, 0.2) is 90.5 Å². The van der Waals surface area contributed by atoms with Gasteiger partial charge in [-0.2, -0.15) is 20.1 Å². The molecule has 2 aromatic carbocycles. The van der Waals surface area contributed by atoms with E-state index in [0.29, 0.717) is 19.8 Å². The van der Waals surface area contributed by atoms with E-state index in [4.69, 9.17) is 14.2 Å². The summed E-state index contributed by atoms with van der Waals surface area (Å²) in [6.45, 7) is 10.9. The quantitative estimate of drug-likeness (QED) is 0.192. The van der Waals surface area contributed by atoms with Crippen molar-refractivity contribution in [1.82, 2.24) is 34.3 Å². The van der Waals surface area contributed by atoms with Gasteiger partial charge in [-0.25, -0.2) is 14.0 Å². The molecule has 3 aromatic heterocycles. The minimum absolute atomic E-state index is 0.0687. The Labute approximate surface area is 285 Å². The summed E-state index contributed by atoms with van der Waals surface area (Å²) in [5.41, 5.74) is 5.16. The van der Waals surface area contributed by atoms with Gasteiger partial charge in [0, 0.05) is 55.5 Å². The Balaban J connectivity index is 0.954. The second kappa shape index (κ2) is 14.2. The van der Waals surface area contributed by atoms with Crippen molar-refractivity contribution in [1.29, 1.82) is 0 Å². The van der Waals surface area contributed by atoms with Crippen LogP contribution in [0.3, 0.4) is 0 Å². The maximum Gasteiger partial charge on any atom is 0.350 e. The monoisotopic (exact) mass is 665 g/mol. The van der Waals surface area contributed by atoms with Crippen LogP contribution in [0.2, 0.25) is 0 Å². The smallest absolute Gasteiger partial charge is 0.350 e. The molecule has 3 unspecified atom stereocenters. The fourth-order valence-electron chi connectivity index (χ4n) is 6.50. The number of piperazine rings is 1. The highest BCUT2D eigenvalue weighted by Gasteiger charge is 2.45. The largest absolute Gasteiger partial charge is 0.491 e. The molecular weight excluding hydrogens is 622 g/mol. The summed E-state index contributed by atoms with van der Waals surface area (Å²) in [7, 11) is 0. The van der Waals surface area contributed by atoms with Crippen LogP contribution in [0.4, 0.5) is 11.4 Å². The van der Waals surface area contributed by atoms with Gasteiger partial charge in [-0.1, -0.05) is 19.9 Å². The number of aryl methyl sites for hydroxylation is 1. The average molecular weight is 666 g/mol. The van der Waals surface area contributed by atoms with E-state index in [2.05, 4.69) is 68.2 Å². The topological polar surface area (TPSA) is 118 Å². The minimum atomic E-state index is -1.04. The number of nitrogens with zero attached hydrogens (tertiary/aromatic N) is 9. The van der Waals surface area contributed by atoms with Crippen molar-refractivity contribution in [3.05, 3.63) is 107 Å². The van der Waals surface area contributed by atoms with E-state index in [-0.39, 0.29) is 17.8 Å². The van der Waals surface area contributed by atoms with E-state index >= 15 is 0 Å². The van der Waals surface area contributed by atoms with Crippen molar-refractivity contribution in [3.63, 3.8) is 0 Å². The van der Waals surface area contributed by atoms with Crippen molar-refractivity contribution in [3.8, 4) is 11.4 Å². The van der Waals surface area contributed by atoms with Gasteiger partial charge in [0.25, 0.3) is 0 Å². The van der Waals surface area contributed by atoms with E-state index in [9.17, 15) is 4.79 Å². The summed E-state index contributed by atoms with van der Waals surface area (Å²) in [6, 6.07) is 18.4. The van der Waals surface area contributed by atoms with Crippen LogP contribution in [0.25, 0.3) is 5.69 Å². The summed E-state index contributed by atoms with van der Waals surface area (Å²) in [5, 5.41) is 12.8. The van der Waals surface area contributed by atoms with Crippen LogP contribution in [0.5, 0.6) is 5.75 Å². The van der Waals surface area contributed by atoms with Gasteiger partial charge in [0.1, 0.15) is 31.3 Å². The molecular formula is C36H43N9O4. The number of ether oxygens (including phenoxy) is 3. The highest BCUT2D eigenvalue weighted by atomic mass is 16.8. The molecule has 0 amide bonds. The Bertz CT molecular complexity index is 1870. The van der Waals surface area contributed by atoms with Crippen LogP contribution in [-0.2, 0) is 28.2 Å². The lowest BCUT2D eigenvalue weighted by atomic mass is 10.1. The summed E-state index contributed by atoms with van der Waals surface area (Å²) in [5.74, 6) is -0.231. The van der Waals surface area contributed by atoms with Gasteiger partial charge < -0.3 is 24.0 Å². The molecule has 2 aliphatic heterocycles. The molecule has 3 atom stereocenters. The van der Waals surface area contributed by atoms with Gasteiger partial charge in [-0.05, 0) is 73.9 Å². The Kier molecular flexibility index (Phi) is 9.45. The van der Waals surface area contributed by atoms with Crippen LogP contribution in [0, 0.1) is 0 Å². The van der Waals surface area contributed by atoms with Crippen LogP contribution in [0.1, 0.15) is 44.4 Å². The normalized spacial score (nSPS) is 20.1. The zero-order chi connectivity index (χ0) is 33.8. The lowest BCUT2D eigenvalue weighted by Crippen LogP contribution is -2.46. The Morgan fingerprint density at radius 2 is 1.69 bits per heavy atom. The van der Waals surface area contributed by atoms with E-state index in [1.807, 2.05) is 37.3 Å². The van der Waals surface area contributed by atoms with Crippen molar-refractivity contribution < 1.29 is 14.2 Å². The average Bonchev–Trinajstić information content (AvgIpc) is 3.92. The number of pyridine rings is 1. The maximum atomic E-state index is 12.8. The first-order valence-electron chi connectivity index (χ1n) is 17.0. The highest BCUT2D eigenvalue weighted by molar-refractivity contribution is 5.59. The molecule has 0 radical (unpaired) electrons. The molecule has 0 aliphatic carbocycles. The Hall–Kier alpha value is -5.01. The number of rotatable bonds is 12. The maximum absolute atomic E-state index is 12.8. The first-order chi connectivity index (χ1) is 24.0. The molecule has 256 valence electrons. The second-order valence-corrected chi connectivity index (χ2v) is 12.5. The molecule has 13 heteroatoms. The van der Waals surface area contributed by atoms with Crippen LogP contribution in [-0.4, -0.2) is 79.8 Å².